The van der Waals surface area contributed by atoms with Crippen molar-refractivity contribution < 1.29 is 9.18 Å². The number of thioether (sulfide) groups is 1. The van der Waals surface area contributed by atoms with Gasteiger partial charge in [-0.1, -0.05) is 30.2 Å². The number of benzene rings is 2. The predicted molar refractivity (Wildman–Crippen MR) is 139 cm³/mol. The van der Waals surface area contributed by atoms with Crippen molar-refractivity contribution in [1.29, 1.82) is 0 Å². The van der Waals surface area contributed by atoms with Crippen LogP contribution in [0.25, 0.3) is 17.3 Å². The summed E-state index contributed by atoms with van der Waals surface area (Å²) in [5, 5.41) is 7.56. The van der Waals surface area contributed by atoms with Crippen LogP contribution in [0.3, 0.4) is 0 Å². The molecule has 2 atom stereocenters. The van der Waals surface area contributed by atoms with Crippen molar-refractivity contribution in [3.05, 3.63) is 81.9 Å². The molecule has 1 aromatic heterocycles. The molecule has 8 heteroatoms. The lowest BCUT2D eigenvalue weighted by Gasteiger charge is -2.19. The van der Waals surface area contributed by atoms with Crippen LogP contribution in [0, 0.1) is 17.7 Å². The Morgan fingerprint density at radius 2 is 1.77 bits per heavy atom. The molecule has 3 heterocycles. The summed E-state index contributed by atoms with van der Waals surface area (Å²) in [6, 6.07) is 13.9. The van der Waals surface area contributed by atoms with Gasteiger partial charge in [-0.15, -0.1) is 0 Å². The third-order valence-electron chi connectivity index (χ3n) is 7.27. The average molecular weight is 509 g/mol. The molecule has 2 aliphatic heterocycles. The molecule has 1 amide bonds. The molecule has 2 aromatic carbocycles. The molecule has 2 unspecified atom stereocenters. The van der Waals surface area contributed by atoms with E-state index < -0.39 is 0 Å². The van der Waals surface area contributed by atoms with E-state index in [4.69, 9.17) is 16.7 Å². The van der Waals surface area contributed by atoms with Crippen molar-refractivity contribution in [3.8, 4) is 5.69 Å². The molecule has 3 aromatic rings. The summed E-state index contributed by atoms with van der Waals surface area (Å²) in [5.41, 5.74) is 8.28. The number of carbonyl (C=O) groups is 1. The van der Waals surface area contributed by atoms with Gasteiger partial charge in [-0.2, -0.15) is 16.9 Å². The van der Waals surface area contributed by atoms with Crippen molar-refractivity contribution in [1.82, 2.24) is 20.2 Å². The van der Waals surface area contributed by atoms with Gasteiger partial charge in [0.1, 0.15) is 5.82 Å². The highest BCUT2D eigenvalue weighted by atomic mass is 35.5. The number of hydrogen-bond donors (Lipinski definition) is 1. The maximum Gasteiger partial charge on any atom is 0.286 e. The van der Waals surface area contributed by atoms with Crippen LogP contribution in [-0.4, -0.2) is 39.5 Å². The minimum Gasteiger partial charge on any atom is -0.283 e. The van der Waals surface area contributed by atoms with Gasteiger partial charge in [0.25, 0.3) is 5.91 Å². The Bertz CT molecular complexity index is 1280. The molecule has 1 N–H and O–H groups in total. The van der Waals surface area contributed by atoms with E-state index in [2.05, 4.69) is 16.5 Å². The molecule has 180 valence electrons. The molecule has 0 radical (unpaired) electrons. The maximum atomic E-state index is 13.5. The van der Waals surface area contributed by atoms with Crippen molar-refractivity contribution in [2.24, 2.45) is 11.8 Å². The number of hydrazine groups is 1. The number of nitrogens with zero attached hydrogens (tertiary/aromatic N) is 3. The van der Waals surface area contributed by atoms with Crippen LogP contribution in [0.4, 0.5) is 4.39 Å². The lowest BCUT2D eigenvalue weighted by molar-refractivity contribution is 0.0808. The SMILES string of the molecule is O=C(NN1CC2CCCC2C1)c1nn(-c2ccc(Cl)cc2)c2c1CSCC2=Cc1ccc(F)cc1. The summed E-state index contributed by atoms with van der Waals surface area (Å²) in [6.45, 7) is 1.84. The summed E-state index contributed by atoms with van der Waals surface area (Å²) < 4.78 is 15.3. The Hall–Kier alpha value is -2.61. The Morgan fingerprint density at radius 3 is 2.49 bits per heavy atom. The van der Waals surface area contributed by atoms with E-state index in [0.717, 1.165) is 46.9 Å². The Labute approximate surface area is 213 Å². The van der Waals surface area contributed by atoms with Gasteiger partial charge < -0.3 is 0 Å². The molecule has 35 heavy (non-hydrogen) atoms. The summed E-state index contributed by atoms with van der Waals surface area (Å²) in [6.07, 6.45) is 5.87. The lowest BCUT2D eigenvalue weighted by atomic mass is 10.0. The Morgan fingerprint density at radius 1 is 1.06 bits per heavy atom. The zero-order chi connectivity index (χ0) is 23.9. The van der Waals surface area contributed by atoms with Crippen molar-refractivity contribution in [3.63, 3.8) is 0 Å². The molecule has 1 aliphatic carbocycles. The van der Waals surface area contributed by atoms with Crippen LogP contribution < -0.4 is 5.43 Å². The lowest BCUT2D eigenvalue weighted by Crippen LogP contribution is -2.41. The van der Waals surface area contributed by atoms with Crippen LogP contribution in [0.2, 0.25) is 5.02 Å². The van der Waals surface area contributed by atoms with Gasteiger partial charge in [0, 0.05) is 35.2 Å². The minimum absolute atomic E-state index is 0.155. The number of halogens is 2. The van der Waals surface area contributed by atoms with E-state index in [9.17, 15) is 9.18 Å². The zero-order valence-electron chi connectivity index (χ0n) is 19.2. The first-order valence-electron chi connectivity index (χ1n) is 12.0. The summed E-state index contributed by atoms with van der Waals surface area (Å²) in [7, 11) is 0. The highest BCUT2D eigenvalue weighted by Gasteiger charge is 2.37. The van der Waals surface area contributed by atoms with Crippen LogP contribution in [0.15, 0.2) is 48.5 Å². The van der Waals surface area contributed by atoms with E-state index in [1.54, 1.807) is 23.9 Å². The second-order valence-corrected chi connectivity index (χ2v) is 11.0. The number of amides is 1. The number of carbonyl (C=O) groups excluding carboxylic acids is 1. The van der Waals surface area contributed by atoms with E-state index in [-0.39, 0.29) is 11.7 Å². The fourth-order valence-electron chi connectivity index (χ4n) is 5.59. The molecular formula is C27H26ClFN4OS. The first-order valence-corrected chi connectivity index (χ1v) is 13.6. The first kappa shape index (κ1) is 22.8. The van der Waals surface area contributed by atoms with Crippen LogP contribution in [0.1, 0.15) is 46.6 Å². The fourth-order valence-corrected chi connectivity index (χ4v) is 6.74. The smallest absolute Gasteiger partial charge is 0.283 e. The van der Waals surface area contributed by atoms with E-state index in [1.807, 2.05) is 28.9 Å². The quantitative estimate of drug-likeness (QED) is 0.482. The van der Waals surface area contributed by atoms with Crippen LogP contribution in [0.5, 0.6) is 0 Å². The van der Waals surface area contributed by atoms with Crippen molar-refractivity contribution in [2.75, 3.05) is 18.8 Å². The minimum atomic E-state index is -0.262. The molecule has 0 spiro atoms. The highest BCUT2D eigenvalue weighted by molar-refractivity contribution is 7.99. The van der Waals surface area contributed by atoms with Gasteiger partial charge in [-0.05, 0) is 78.3 Å². The topological polar surface area (TPSA) is 50.2 Å². The van der Waals surface area contributed by atoms with Gasteiger partial charge in [0.05, 0.1) is 11.4 Å². The van der Waals surface area contributed by atoms with Gasteiger partial charge in [0.15, 0.2) is 5.69 Å². The second-order valence-electron chi connectivity index (χ2n) is 9.57. The van der Waals surface area contributed by atoms with Crippen molar-refractivity contribution in [2.45, 2.75) is 25.0 Å². The number of aromatic nitrogens is 2. The standard InChI is InChI=1S/C27H26ClFN4OS/c28-21-6-10-23(11-7-21)33-26-20(12-17-4-8-22(29)9-5-17)15-35-16-24(26)25(30-33)27(34)31-32-13-18-2-1-3-19(18)14-32/h4-12,18-19H,1-3,13-16H2,(H,31,34). The monoisotopic (exact) mass is 508 g/mol. The largest absolute Gasteiger partial charge is 0.286 e. The number of rotatable bonds is 4. The molecule has 6 rings (SSSR count). The zero-order valence-corrected chi connectivity index (χ0v) is 20.8. The maximum absolute atomic E-state index is 13.5. The van der Waals surface area contributed by atoms with E-state index in [1.165, 1.54) is 31.4 Å². The number of fused-ring (bicyclic) bond motifs is 2. The van der Waals surface area contributed by atoms with Gasteiger partial charge >= 0.3 is 0 Å². The van der Waals surface area contributed by atoms with Crippen molar-refractivity contribution >= 4 is 40.9 Å². The average Bonchev–Trinajstić information content (AvgIpc) is 3.55. The molecule has 1 saturated heterocycles. The molecular weight excluding hydrogens is 483 g/mol. The van der Waals surface area contributed by atoms with Gasteiger partial charge in [-0.3, -0.25) is 10.2 Å². The highest BCUT2D eigenvalue weighted by Crippen LogP contribution is 2.39. The summed E-state index contributed by atoms with van der Waals surface area (Å²) in [4.78, 5) is 13.5. The molecule has 0 bridgehead atoms. The first-order chi connectivity index (χ1) is 17.0. The summed E-state index contributed by atoms with van der Waals surface area (Å²) >= 11 is 7.89. The fraction of sp³-hybridized carbons (Fsp3) is 0.333. The molecule has 2 fully saturated rings. The molecule has 5 nitrogen and oxygen atoms in total. The third-order valence-corrected chi connectivity index (χ3v) is 8.53. The van der Waals surface area contributed by atoms with Gasteiger partial charge in [0.2, 0.25) is 0 Å². The van der Waals surface area contributed by atoms with E-state index >= 15 is 0 Å². The van der Waals surface area contributed by atoms with Gasteiger partial charge in [-0.25, -0.2) is 14.1 Å². The Kier molecular flexibility index (Phi) is 6.16. The predicted octanol–water partition coefficient (Wildman–Crippen LogP) is 5.83. The summed E-state index contributed by atoms with van der Waals surface area (Å²) in [5.74, 6) is 2.45. The molecule has 1 saturated carbocycles. The normalized spacial score (nSPS) is 22.9. The Balaban J connectivity index is 1.38. The molecule has 3 aliphatic rings. The third kappa shape index (κ3) is 4.53. The second kappa shape index (κ2) is 9.45. The van der Waals surface area contributed by atoms with E-state index in [0.29, 0.717) is 28.3 Å². The van der Waals surface area contributed by atoms with Crippen LogP contribution >= 0.6 is 23.4 Å². The van der Waals surface area contributed by atoms with Crippen LogP contribution in [-0.2, 0) is 5.75 Å². The number of hydrogen-bond acceptors (Lipinski definition) is 4. The number of nitrogens with one attached hydrogen (secondary N) is 1.